The van der Waals surface area contributed by atoms with Crippen LogP contribution < -0.4 is 14.9 Å². The molecule has 190 valence electrons. The molecule has 8 nitrogen and oxygen atoms in total. The molecule has 0 aliphatic heterocycles. The Morgan fingerprint density at radius 3 is 2.41 bits per heavy atom. The molecule has 0 bridgehead atoms. The number of para-hydroxylation sites is 1. The Balaban J connectivity index is 1.60. The molecule has 1 heterocycles. The number of nitrogens with one attached hydrogen (secondary N) is 2. The topological polar surface area (TPSA) is 109 Å². The smallest absolute Gasteiger partial charge is 0.264 e. The van der Waals surface area contributed by atoms with Crippen LogP contribution in [-0.4, -0.2) is 26.8 Å². The summed E-state index contributed by atoms with van der Waals surface area (Å²) in [6.07, 6.45) is 1.51. The van der Waals surface area contributed by atoms with E-state index >= 15 is 0 Å². The van der Waals surface area contributed by atoms with Gasteiger partial charge in [-0.2, -0.15) is 0 Å². The van der Waals surface area contributed by atoms with E-state index in [1.54, 1.807) is 73.7 Å². The maximum atomic E-state index is 13.6. The fourth-order valence-electron chi connectivity index (χ4n) is 3.66. The van der Waals surface area contributed by atoms with E-state index in [0.29, 0.717) is 16.3 Å². The first-order valence-electron chi connectivity index (χ1n) is 11.3. The highest BCUT2D eigenvalue weighted by Crippen LogP contribution is 2.29. The summed E-state index contributed by atoms with van der Waals surface area (Å²) in [5.41, 5.74) is 1.36. The summed E-state index contributed by atoms with van der Waals surface area (Å²) in [6, 6.07) is 22.6. The Labute approximate surface area is 219 Å². The van der Waals surface area contributed by atoms with Crippen LogP contribution in [0.25, 0.3) is 0 Å². The molecular formula is C27H24ClN3O5S. The van der Waals surface area contributed by atoms with Gasteiger partial charge in [0.25, 0.3) is 15.9 Å². The molecule has 0 saturated carbocycles. The van der Waals surface area contributed by atoms with E-state index in [-0.39, 0.29) is 28.4 Å². The lowest BCUT2D eigenvalue weighted by atomic mass is 10.1. The van der Waals surface area contributed by atoms with Gasteiger partial charge in [-0.05, 0) is 61.0 Å². The number of rotatable bonds is 9. The van der Waals surface area contributed by atoms with Gasteiger partial charge >= 0.3 is 0 Å². The number of hydrogen-bond acceptors (Lipinski definition) is 5. The maximum Gasteiger partial charge on any atom is 0.264 e. The van der Waals surface area contributed by atoms with Crippen LogP contribution >= 0.6 is 11.6 Å². The van der Waals surface area contributed by atoms with Crippen LogP contribution in [0.1, 0.15) is 21.7 Å². The third kappa shape index (κ3) is 6.19. The molecule has 0 fully saturated rings. The van der Waals surface area contributed by atoms with Gasteiger partial charge in [-0.15, -0.1) is 0 Å². The SMILES string of the molecule is Cc1ccc(Cl)cc1N(CC(=O)Nc1ccccc1C(=O)NCc1ccco1)S(=O)(=O)c1ccccc1. The highest BCUT2D eigenvalue weighted by molar-refractivity contribution is 7.92. The van der Waals surface area contributed by atoms with Crippen LogP contribution in [0.4, 0.5) is 11.4 Å². The number of aryl methyl sites for hydroxylation is 1. The van der Waals surface area contributed by atoms with Gasteiger partial charge in [-0.1, -0.05) is 48.0 Å². The van der Waals surface area contributed by atoms with Crippen molar-refractivity contribution in [3.05, 3.63) is 113 Å². The predicted octanol–water partition coefficient (Wildman–Crippen LogP) is 5.01. The van der Waals surface area contributed by atoms with E-state index in [4.69, 9.17) is 16.0 Å². The lowest BCUT2D eigenvalue weighted by Crippen LogP contribution is -2.39. The van der Waals surface area contributed by atoms with Gasteiger partial charge in [-0.25, -0.2) is 8.42 Å². The molecule has 3 aromatic carbocycles. The number of amides is 2. The van der Waals surface area contributed by atoms with Gasteiger partial charge in [0.2, 0.25) is 5.91 Å². The number of hydrogen-bond donors (Lipinski definition) is 2. The molecule has 4 aromatic rings. The van der Waals surface area contributed by atoms with Crippen molar-refractivity contribution in [1.29, 1.82) is 0 Å². The van der Waals surface area contributed by atoms with Crippen molar-refractivity contribution in [3.8, 4) is 0 Å². The Morgan fingerprint density at radius 1 is 0.946 bits per heavy atom. The van der Waals surface area contributed by atoms with Crippen molar-refractivity contribution in [2.45, 2.75) is 18.4 Å². The lowest BCUT2D eigenvalue weighted by Gasteiger charge is -2.26. The number of nitrogens with zero attached hydrogens (tertiary/aromatic N) is 1. The lowest BCUT2D eigenvalue weighted by molar-refractivity contribution is -0.114. The molecule has 2 amide bonds. The van der Waals surface area contributed by atoms with Crippen LogP contribution in [0, 0.1) is 6.92 Å². The molecule has 0 saturated heterocycles. The largest absolute Gasteiger partial charge is 0.467 e. The van der Waals surface area contributed by atoms with Gasteiger partial charge in [0.15, 0.2) is 0 Å². The molecule has 0 spiro atoms. The van der Waals surface area contributed by atoms with E-state index in [2.05, 4.69) is 10.6 Å². The van der Waals surface area contributed by atoms with E-state index < -0.39 is 28.4 Å². The summed E-state index contributed by atoms with van der Waals surface area (Å²) in [6.45, 7) is 1.36. The van der Waals surface area contributed by atoms with Crippen molar-refractivity contribution in [2.24, 2.45) is 0 Å². The first-order valence-corrected chi connectivity index (χ1v) is 13.1. The Morgan fingerprint density at radius 2 is 1.68 bits per heavy atom. The van der Waals surface area contributed by atoms with Gasteiger partial charge in [0, 0.05) is 5.02 Å². The summed E-state index contributed by atoms with van der Waals surface area (Å²) >= 11 is 6.17. The highest BCUT2D eigenvalue weighted by Gasteiger charge is 2.29. The van der Waals surface area contributed by atoms with E-state index in [1.165, 1.54) is 24.5 Å². The maximum absolute atomic E-state index is 13.6. The van der Waals surface area contributed by atoms with Crippen molar-refractivity contribution < 1.29 is 22.4 Å². The van der Waals surface area contributed by atoms with Gasteiger partial charge in [-0.3, -0.25) is 13.9 Å². The van der Waals surface area contributed by atoms with E-state index in [9.17, 15) is 18.0 Å². The summed E-state index contributed by atoms with van der Waals surface area (Å²) in [5, 5.41) is 5.74. The van der Waals surface area contributed by atoms with E-state index in [1.807, 2.05) is 0 Å². The summed E-state index contributed by atoms with van der Waals surface area (Å²) < 4.78 is 33.4. The van der Waals surface area contributed by atoms with Crippen LogP contribution in [0.15, 0.2) is 101 Å². The third-order valence-electron chi connectivity index (χ3n) is 5.51. The zero-order chi connectivity index (χ0) is 26.4. The monoisotopic (exact) mass is 537 g/mol. The zero-order valence-corrected chi connectivity index (χ0v) is 21.4. The molecule has 0 unspecified atom stereocenters. The van der Waals surface area contributed by atoms with Gasteiger partial charge in [0.1, 0.15) is 12.3 Å². The first-order chi connectivity index (χ1) is 17.8. The Hall–Kier alpha value is -4.08. The number of sulfonamides is 1. The molecule has 4 rings (SSSR count). The van der Waals surface area contributed by atoms with Crippen LogP contribution in [0.3, 0.4) is 0 Å². The summed E-state index contributed by atoms with van der Waals surface area (Å²) in [7, 11) is -4.12. The minimum Gasteiger partial charge on any atom is -0.467 e. The minimum atomic E-state index is -4.12. The molecule has 0 aliphatic rings. The molecule has 10 heteroatoms. The van der Waals surface area contributed by atoms with Crippen molar-refractivity contribution >= 4 is 44.8 Å². The van der Waals surface area contributed by atoms with Gasteiger partial charge in [0.05, 0.1) is 34.6 Å². The molecule has 2 N–H and O–H groups in total. The number of carbonyl (C=O) groups excluding carboxylic acids is 2. The van der Waals surface area contributed by atoms with Crippen molar-refractivity contribution in [3.63, 3.8) is 0 Å². The molecule has 37 heavy (non-hydrogen) atoms. The third-order valence-corrected chi connectivity index (χ3v) is 7.52. The summed E-state index contributed by atoms with van der Waals surface area (Å²) in [4.78, 5) is 26.0. The normalized spacial score (nSPS) is 11.1. The van der Waals surface area contributed by atoms with Gasteiger partial charge < -0.3 is 15.1 Å². The first kappa shape index (κ1) is 26.0. The number of furan rings is 1. The quantitative estimate of drug-likeness (QED) is 0.312. The molecule has 1 aromatic heterocycles. The second-order valence-corrected chi connectivity index (χ2v) is 10.4. The fourth-order valence-corrected chi connectivity index (χ4v) is 5.32. The Kier molecular flexibility index (Phi) is 7.95. The molecule has 0 atom stereocenters. The fraction of sp³-hybridized carbons (Fsp3) is 0.111. The number of carbonyl (C=O) groups is 2. The standard InChI is InChI=1S/C27H24ClN3O5S/c1-19-13-14-20(28)16-25(19)31(37(34,35)22-9-3-2-4-10-22)18-26(32)30-24-12-6-5-11-23(24)27(33)29-17-21-8-7-15-36-21/h2-16H,17-18H2,1H3,(H,29,33)(H,30,32). The summed E-state index contributed by atoms with van der Waals surface area (Å²) in [5.74, 6) is -0.481. The number of benzene rings is 3. The van der Waals surface area contributed by atoms with Crippen molar-refractivity contribution in [2.75, 3.05) is 16.2 Å². The predicted molar refractivity (Wildman–Crippen MR) is 142 cm³/mol. The molecular weight excluding hydrogens is 514 g/mol. The minimum absolute atomic E-state index is 0.0277. The second kappa shape index (κ2) is 11.3. The molecule has 0 radical (unpaired) electrons. The Bertz CT molecular complexity index is 1510. The highest BCUT2D eigenvalue weighted by atomic mass is 35.5. The average Bonchev–Trinajstić information content (AvgIpc) is 3.42. The molecule has 0 aliphatic carbocycles. The average molecular weight is 538 g/mol. The van der Waals surface area contributed by atoms with E-state index in [0.717, 1.165) is 4.31 Å². The zero-order valence-electron chi connectivity index (χ0n) is 19.8. The van der Waals surface area contributed by atoms with Crippen LogP contribution in [-0.2, 0) is 21.4 Å². The number of halogens is 1. The number of anilines is 2. The van der Waals surface area contributed by atoms with Crippen molar-refractivity contribution in [1.82, 2.24) is 5.32 Å². The second-order valence-electron chi connectivity index (χ2n) is 8.11. The van der Waals surface area contributed by atoms with Crippen LogP contribution in [0.5, 0.6) is 0 Å². The van der Waals surface area contributed by atoms with Crippen LogP contribution in [0.2, 0.25) is 5.02 Å².